The highest BCUT2D eigenvalue weighted by molar-refractivity contribution is 4.89. The van der Waals surface area contributed by atoms with E-state index in [9.17, 15) is 0 Å². The van der Waals surface area contributed by atoms with Gasteiger partial charge in [-0.25, -0.2) is 0 Å². The second-order valence-electron chi connectivity index (χ2n) is 5.37. The fourth-order valence-electron chi connectivity index (χ4n) is 1.14. The van der Waals surface area contributed by atoms with Crippen molar-refractivity contribution in [2.75, 3.05) is 0 Å². The minimum absolute atomic E-state index is 0.547. The van der Waals surface area contributed by atoms with Crippen molar-refractivity contribution in [1.29, 1.82) is 0 Å². The molecule has 1 rings (SSSR count). The Balaban J connectivity index is 0. The first-order valence-electron chi connectivity index (χ1n) is 6.41. The molecule has 1 saturated carbocycles. The van der Waals surface area contributed by atoms with Crippen molar-refractivity contribution < 1.29 is 0 Å². The highest BCUT2D eigenvalue weighted by atomic mass is 14.4. The van der Waals surface area contributed by atoms with Crippen LogP contribution in [0.2, 0.25) is 0 Å². The van der Waals surface area contributed by atoms with Crippen LogP contribution in [-0.4, -0.2) is 0 Å². The summed E-state index contributed by atoms with van der Waals surface area (Å²) in [6.45, 7) is 17.4. The zero-order valence-electron chi connectivity index (χ0n) is 11.8. The Morgan fingerprint density at radius 3 is 1.50 bits per heavy atom. The van der Waals surface area contributed by atoms with Gasteiger partial charge in [0.1, 0.15) is 0 Å². The van der Waals surface area contributed by atoms with Crippen LogP contribution in [0.5, 0.6) is 0 Å². The van der Waals surface area contributed by atoms with Crippen molar-refractivity contribution in [2.45, 2.75) is 81.1 Å². The molecule has 0 N–H and O–H groups in total. The van der Waals surface area contributed by atoms with Crippen LogP contribution in [0.1, 0.15) is 81.1 Å². The normalized spacial score (nSPS) is 17.1. The van der Waals surface area contributed by atoms with Gasteiger partial charge in [-0.1, -0.05) is 55.4 Å². The highest BCUT2D eigenvalue weighted by Gasteiger charge is 2.37. The first-order valence-corrected chi connectivity index (χ1v) is 6.41. The lowest BCUT2D eigenvalue weighted by Crippen LogP contribution is -2.07. The molecule has 0 atom stereocenters. The summed E-state index contributed by atoms with van der Waals surface area (Å²) in [5.41, 5.74) is 1.30. The molecule has 88 valence electrons. The van der Waals surface area contributed by atoms with Crippen molar-refractivity contribution >= 4 is 0 Å². The lowest BCUT2D eigenvalue weighted by molar-refractivity contribution is 0.322. The van der Waals surface area contributed by atoms with Crippen molar-refractivity contribution in [2.24, 2.45) is 10.8 Å². The van der Waals surface area contributed by atoms with Gasteiger partial charge in [-0.15, -0.1) is 0 Å². The Kier molecular flexibility index (Phi) is 8.58. The second kappa shape index (κ2) is 7.31. The summed E-state index contributed by atoms with van der Waals surface area (Å²) < 4.78 is 0. The maximum atomic E-state index is 2.42. The highest BCUT2D eigenvalue weighted by Crippen LogP contribution is 2.50. The molecule has 0 aromatic carbocycles. The van der Waals surface area contributed by atoms with E-state index in [0.717, 1.165) is 5.41 Å². The van der Waals surface area contributed by atoms with Gasteiger partial charge in [-0.2, -0.15) is 0 Å². The number of rotatable bonds is 2. The molecule has 0 heterocycles. The molecule has 0 aliphatic heterocycles. The van der Waals surface area contributed by atoms with Gasteiger partial charge in [0.2, 0.25) is 0 Å². The van der Waals surface area contributed by atoms with Crippen molar-refractivity contribution in [3.63, 3.8) is 0 Å². The first kappa shape index (κ1) is 16.4. The molecule has 0 bridgehead atoms. The maximum absolute atomic E-state index is 2.42. The summed E-state index contributed by atoms with van der Waals surface area (Å²) >= 11 is 0. The molecule has 1 aliphatic rings. The molecule has 0 radical (unpaired) electrons. The van der Waals surface area contributed by atoms with E-state index in [0.29, 0.717) is 5.41 Å². The molecule has 14 heavy (non-hydrogen) atoms. The Morgan fingerprint density at radius 2 is 1.29 bits per heavy atom. The van der Waals surface area contributed by atoms with Crippen LogP contribution in [0.15, 0.2) is 0 Å². The molecular formula is C14H32. The van der Waals surface area contributed by atoms with E-state index in [-0.39, 0.29) is 0 Å². The van der Waals surface area contributed by atoms with Gasteiger partial charge in [-0.3, -0.25) is 0 Å². The molecule has 1 fully saturated rings. The molecule has 0 heteroatoms. The van der Waals surface area contributed by atoms with Crippen molar-refractivity contribution in [1.82, 2.24) is 0 Å². The van der Waals surface area contributed by atoms with E-state index in [4.69, 9.17) is 0 Å². The number of hydrogen-bond donors (Lipinski definition) is 0. The molecule has 0 aromatic rings. The van der Waals surface area contributed by atoms with Crippen LogP contribution in [0.4, 0.5) is 0 Å². The van der Waals surface area contributed by atoms with E-state index in [1.807, 2.05) is 27.7 Å². The van der Waals surface area contributed by atoms with Gasteiger partial charge in [0, 0.05) is 0 Å². The van der Waals surface area contributed by atoms with E-state index in [1.54, 1.807) is 0 Å². The molecule has 0 unspecified atom stereocenters. The monoisotopic (exact) mass is 200 g/mol. The standard InChI is InChI=1S/C10H20.2C2H6/c1-9(2,3)5-6-10(4)7-8-10;2*1-2/h5-8H2,1-4H3;2*1-2H3. The van der Waals surface area contributed by atoms with Crippen LogP contribution >= 0.6 is 0 Å². The van der Waals surface area contributed by atoms with Crippen LogP contribution in [0, 0.1) is 10.8 Å². The molecule has 0 nitrogen and oxygen atoms in total. The van der Waals surface area contributed by atoms with Gasteiger partial charge in [0.15, 0.2) is 0 Å². The maximum Gasteiger partial charge on any atom is -0.0325 e. The minimum Gasteiger partial charge on any atom is -0.0683 e. The third-order valence-corrected chi connectivity index (χ3v) is 2.58. The quantitative estimate of drug-likeness (QED) is 0.539. The number of hydrogen-bond acceptors (Lipinski definition) is 0. The molecule has 1 aliphatic carbocycles. The average molecular weight is 200 g/mol. The van der Waals surface area contributed by atoms with Gasteiger partial charge in [0.25, 0.3) is 0 Å². The van der Waals surface area contributed by atoms with Gasteiger partial charge in [0.05, 0.1) is 0 Å². The topological polar surface area (TPSA) is 0 Å². The fraction of sp³-hybridized carbons (Fsp3) is 1.00. The Morgan fingerprint density at radius 1 is 0.929 bits per heavy atom. The summed E-state index contributed by atoms with van der Waals surface area (Å²) in [4.78, 5) is 0. The van der Waals surface area contributed by atoms with Gasteiger partial charge < -0.3 is 0 Å². The van der Waals surface area contributed by atoms with Crippen LogP contribution in [-0.2, 0) is 0 Å². The SMILES string of the molecule is CC.CC.CC(C)(C)CCC1(C)CC1. The zero-order valence-corrected chi connectivity index (χ0v) is 11.8. The summed E-state index contributed by atoms with van der Waals surface area (Å²) in [5, 5.41) is 0. The predicted octanol–water partition coefficient (Wildman–Crippen LogP) is 5.67. The smallest absolute Gasteiger partial charge is 0.0325 e. The van der Waals surface area contributed by atoms with E-state index >= 15 is 0 Å². The van der Waals surface area contributed by atoms with Crippen molar-refractivity contribution in [3.8, 4) is 0 Å². The van der Waals surface area contributed by atoms with Gasteiger partial charge >= 0.3 is 0 Å². The van der Waals surface area contributed by atoms with Gasteiger partial charge in [-0.05, 0) is 36.5 Å². The molecule has 0 amide bonds. The molecule has 0 spiro atoms. The largest absolute Gasteiger partial charge is 0.0683 e. The third kappa shape index (κ3) is 10.1. The molecule has 0 saturated heterocycles. The summed E-state index contributed by atoms with van der Waals surface area (Å²) in [5.74, 6) is 0. The Labute approximate surface area is 92.5 Å². The minimum atomic E-state index is 0.547. The summed E-state index contributed by atoms with van der Waals surface area (Å²) in [6, 6.07) is 0. The lowest BCUT2D eigenvalue weighted by atomic mass is 9.86. The van der Waals surface area contributed by atoms with Crippen LogP contribution < -0.4 is 0 Å². The first-order chi connectivity index (χ1) is 6.41. The van der Waals surface area contributed by atoms with Crippen LogP contribution in [0.25, 0.3) is 0 Å². The zero-order chi connectivity index (χ0) is 11.8. The fourth-order valence-corrected chi connectivity index (χ4v) is 1.14. The lowest BCUT2D eigenvalue weighted by Gasteiger charge is -2.20. The Hall–Kier alpha value is 0. The third-order valence-electron chi connectivity index (χ3n) is 2.58. The summed E-state index contributed by atoms with van der Waals surface area (Å²) in [7, 11) is 0. The van der Waals surface area contributed by atoms with E-state index < -0.39 is 0 Å². The second-order valence-corrected chi connectivity index (χ2v) is 5.37. The Bertz CT molecular complexity index is 107. The molecular weight excluding hydrogens is 168 g/mol. The average Bonchev–Trinajstić information content (AvgIpc) is 2.88. The van der Waals surface area contributed by atoms with E-state index in [1.165, 1.54) is 25.7 Å². The summed E-state index contributed by atoms with van der Waals surface area (Å²) in [6.07, 6.45) is 5.78. The van der Waals surface area contributed by atoms with E-state index in [2.05, 4.69) is 27.7 Å². The molecule has 0 aromatic heterocycles. The predicted molar refractivity (Wildman–Crippen MR) is 68.7 cm³/mol. The van der Waals surface area contributed by atoms with Crippen molar-refractivity contribution in [3.05, 3.63) is 0 Å². The van der Waals surface area contributed by atoms with Crippen LogP contribution in [0.3, 0.4) is 0 Å².